The fraction of sp³-hybridized carbons (Fsp3) is 0.500. The lowest BCUT2D eigenvalue weighted by Gasteiger charge is -2.25. The highest BCUT2D eigenvalue weighted by Crippen LogP contribution is 2.26. The van der Waals surface area contributed by atoms with Gasteiger partial charge < -0.3 is 10.4 Å². The van der Waals surface area contributed by atoms with Crippen LogP contribution in [0.15, 0.2) is 24.3 Å². The van der Waals surface area contributed by atoms with Crippen molar-refractivity contribution < 1.29 is 14.7 Å². The van der Waals surface area contributed by atoms with Gasteiger partial charge in [0.25, 0.3) is 0 Å². The van der Waals surface area contributed by atoms with Gasteiger partial charge >= 0.3 is 5.97 Å². The molecule has 0 saturated heterocycles. The summed E-state index contributed by atoms with van der Waals surface area (Å²) in [4.78, 5) is 23.2. The highest BCUT2D eigenvalue weighted by molar-refractivity contribution is 5.97. The van der Waals surface area contributed by atoms with Crippen LogP contribution in [0.3, 0.4) is 0 Å². The zero-order valence-electron chi connectivity index (χ0n) is 12.6. The van der Waals surface area contributed by atoms with E-state index in [0.29, 0.717) is 13.0 Å². The van der Waals surface area contributed by atoms with E-state index < -0.39 is 23.2 Å². The van der Waals surface area contributed by atoms with Crippen molar-refractivity contribution in [3.63, 3.8) is 0 Å². The van der Waals surface area contributed by atoms with Gasteiger partial charge in [-0.3, -0.25) is 9.59 Å². The zero-order valence-corrected chi connectivity index (χ0v) is 12.6. The van der Waals surface area contributed by atoms with Crippen molar-refractivity contribution >= 4 is 11.9 Å². The van der Waals surface area contributed by atoms with Gasteiger partial charge in [-0.2, -0.15) is 0 Å². The van der Waals surface area contributed by atoms with Crippen LogP contribution in [0, 0.1) is 18.3 Å². The Morgan fingerprint density at radius 3 is 2.35 bits per heavy atom. The summed E-state index contributed by atoms with van der Waals surface area (Å²) >= 11 is 0. The number of aryl methyl sites for hydroxylation is 1. The minimum absolute atomic E-state index is 0.418. The maximum absolute atomic E-state index is 12.0. The fourth-order valence-electron chi connectivity index (χ4n) is 2.19. The third-order valence-electron chi connectivity index (χ3n) is 3.33. The van der Waals surface area contributed by atoms with Gasteiger partial charge in [0.15, 0.2) is 0 Å². The molecule has 1 unspecified atom stereocenters. The van der Waals surface area contributed by atoms with Gasteiger partial charge in [-0.25, -0.2) is 0 Å². The van der Waals surface area contributed by atoms with E-state index in [1.165, 1.54) is 5.56 Å². The summed E-state index contributed by atoms with van der Waals surface area (Å²) in [5.74, 6) is -2.52. The second kappa shape index (κ2) is 6.55. The van der Waals surface area contributed by atoms with Crippen molar-refractivity contribution in [3.05, 3.63) is 35.4 Å². The Morgan fingerprint density at radius 1 is 1.25 bits per heavy atom. The molecule has 0 radical (unpaired) electrons. The predicted octanol–water partition coefficient (Wildman–Crippen LogP) is 2.40. The molecule has 1 atom stereocenters. The number of carbonyl (C=O) groups excluding carboxylic acids is 1. The lowest BCUT2D eigenvalue weighted by atomic mass is 9.80. The number of nitrogens with one attached hydrogen (secondary N) is 1. The summed E-state index contributed by atoms with van der Waals surface area (Å²) in [7, 11) is 0. The molecule has 4 nitrogen and oxygen atoms in total. The maximum Gasteiger partial charge on any atom is 0.316 e. The van der Waals surface area contributed by atoms with Crippen molar-refractivity contribution in [2.75, 3.05) is 6.54 Å². The third-order valence-corrected chi connectivity index (χ3v) is 3.33. The first-order chi connectivity index (χ1) is 9.23. The van der Waals surface area contributed by atoms with Crippen LogP contribution in [0.25, 0.3) is 0 Å². The molecule has 1 aromatic carbocycles. The Balaban J connectivity index is 2.59. The lowest BCUT2D eigenvalue weighted by Crippen LogP contribution is -2.43. The van der Waals surface area contributed by atoms with E-state index >= 15 is 0 Å². The molecule has 0 fully saturated rings. The van der Waals surface area contributed by atoms with E-state index in [1.807, 2.05) is 31.2 Å². The van der Waals surface area contributed by atoms with Crippen LogP contribution in [-0.2, 0) is 16.0 Å². The predicted molar refractivity (Wildman–Crippen MR) is 78.5 cm³/mol. The molecular formula is C16H23NO3. The zero-order chi connectivity index (χ0) is 15.3. The average molecular weight is 277 g/mol. The monoisotopic (exact) mass is 277 g/mol. The Hall–Kier alpha value is -1.84. The molecule has 0 spiro atoms. The maximum atomic E-state index is 12.0. The second-order valence-electron chi connectivity index (χ2n) is 6.10. The normalized spacial score (nSPS) is 12.8. The summed E-state index contributed by atoms with van der Waals surface area (Å²) in [5.41, 5.74) is 1.74. The molecule has 110 valence electrons. The Bertz CT molecular complexity index is 489. The number of aliphatic carboxylic acids is 1. The minimum Gasteiger partial charge on any atom is -0.481 e. The van der Waals surface area contributed by atoms with Gasteiger partial charge in [0, 0.05) is 6.54 Å². The Morgan fingerprint density at radius 2 is 1.85 bits per heavy atom. The summed E-state index contributed by atoms with van der Waals surface area (Å²) < 4.78 is 0. The van der Waals surface area contributed by atoms with Crippen LogP contribution in [0.5, 0.6) is 0 Å². The molecule has 1 rings (SSSR count). The molecule has 1 amide bonds. The molecule has 20 heavy (non-hydrogen) atoms. The van der Waals surface area contributed by atoms with Gasteiger partial charge in [-0.15, -0.1) is 0 Å². The fourth-order valence-corrected chi connectivity index (χ4v) is 2.19. The number of rotatable bonds is 5. The number of benzene rings is 1. The topological polar surface area (TPSA) is 66.4 Å². The van der Waals surface area contributed by atoms with Gasteiger partial charge in [-0.1, -0.05) is 45.0 Å². The third kappa shape index (κ3) is 4.37. The molecule has 0 bridgehead atoms. The summed E-state index contributed by atoms with van der Waals surface area (Å²) in [5, 5.41) is 11.9. The van der Waals surface area contributed by atoms with E-state index in [0.717, 1.165) is 5.56 Å². The first kappa shape index (κ1) is 16.2. The first-order valence-electron chi connectivity index (χ1n) is 6.78. The van der Waals surface area contributed by atoms with Gasteiger partial charge in [-0.05, 0) is 29.9 Å². The summed E-state index contributed by atoms with van der Waals surface area (Å²) in [6.45, 7) is 7.74. The molecule has 0 aromatic heterocycles. The highest BCUT2D eigenvalue weighted by atomic mass is 16.4. The molecule has 0 aliphatic rings. The lowest BCUT2D eigenvalue weighted by molar-refractivity contribution is -0.151. The SMILES string of the molecule is Cc1ccccc1CCNC(=O)C(C(=O)O)C(C)(C)C. The van der Waals surface area contributed by atoms with Crippen LogP contribution in [0.4, 0.5) is 0 Å². The van der Waals surface area contributed by atoms with E-state index in [2.05, 4.69) is 5.32 Å². The van der Waals surface area contributed by atoms with Crippen molar-refractivity contribution in [2.45, 2.75) is 34.1 Å². The van der Waals surface area contributed by atoms with Crippen molar-refractivity contribution in [1.82, 2.24) is 5.32 Å². The first-order valence-corrected chi connectivity index (χ1v) is 6.78. The van der Waals surface area contributed by atoms with Crippen LogP contribution >= 0.6 is 0 Å². The number of hydrogen-bond donors (Lipinski definition) is 2. The quantitative estimate of drug-likeness (QED) is 0.812. The molecular weight excluding hydrogens is 254 g/mol. The van der Waals surface area contributed by atoms with Crippen LogP contribution in [0.2, 0.25) is 0 Å². The molecule has 0 aliphatic carbocycles. The summed E-state index contributed by atoms with van der Waals surface area (Å²) in [6.07, 6.45) is 0.703. The molecule has 4 heteroatoms. The largest absolute Gasteiger partial charge is 0.481 e. The highest BCUT2D eigenvalue weighted by Gasteiger charge is 2.37. The van der Waals surface area contributed by atoms with Crippen LogP contribution in [-0.4, -0.2) is 23.5 Å². The molecule has 2 N–H and O–H groups in total. The molecule has 0 heterocycles. The van der Waals surface area contributed by atoms with Crippen molar-refractivity contribution in [1.29, 1.82) is 0 Å². The molecule has 0 saturated carbocycles. The number of amides is 1. The number of hydrogen-bond acceptors (Lipinski definition) is 2. The molecule has 1 aromatic rings. The van der Waals surface area contributed by atoms with Gasteiger partial charge in [0.1, 0.15) is 5.92 Å². The average Bonchev–Trinajstić information content (AvgIpc) is 2.29. The number of carbonyl (C=O) groups is 2. The van der Waals surface area contributed by atoms with E-state index in [-0.39, 0.29) is 0 Å². The Kier molecular flexibility index (Phi) is 5.31. The second-order valence-corrected chi connectivity index (χ2v) is 6.10. The van der Waals surface area contributed by atoms with Crippen LogP contribution < -0.4 is 5.32 Å². The van der Waals surface area contributed by atoms with Crippen molar-refractivity contribution in [3.8, 4) is 0 Å². The van der Waals surface area contributed by atoms with Crippen LogP contribution in [0.1, 0.15) is 31.9 Å². The molecule has 0 aliphatic heterocycles. The van der Waals surface area contributed by atoms with Crippen molar-refractivity contribution in [2.24, 2.45) is 11.3 Å². The van der Waals surface area contributed by atoms with E-state index in [4.69, 9.17) is 0 Å². The standard InChI is InChI=1S/C16H23NO3/c1-11-7-5-6-8-12(11)9-10-17-14(18)13(15(19)20)16(2,3)4/h5-8,13H,9-10H2,1-4H3,(H,17,18)(H,19,20). The minimum atomic E-state index is -1.08. The number of carboxylic acid groups (broad SMARTS) is 1. The van der Waals surface area contributed by atoms with E-state index in [9.17, 15) is 14.7 Å². The van der Waals surface area contributed by atoms with Gasteiger partial charge in [0.2, 0.25) is 5.91 Å². The summed E-state index contributed by atoms with van der Waals surface area (Å²) in [6, 6.07) is 7.96. The number of carboxylic acids is 1. The van der Waals surface area contributed by atoms with E-state index in [1.54, 1.807) is 20.8 Å². The smallest absolute Gasteiger partial charge is 0.316 e. The Labute approximate surface area is 120 Å². The van der Waals surface area contributed by atoms with Gasteiger partial charge in [0.05, 0.1) is 0 Å².